The van der Waals surface area contributed by atoms with Crippen molar-refractivity contribution in [2.75, 3.05) is 11.5 Å². The summed E-state index contributed by atoms with van der Waals surface area (Å²) in [6, 6.07) is 15.6. The normalized spacial score (nSPS) is 18.5. The number of rotatable bonds is 6. The lowest BCUT2D eigenvalue weighted by Gasteiger charge is -2.35. The minimum absolute atomic E-state index is 0.0108. The quantitative estimate of drug-likeness (QED) is 0.508. The Bertz CT molecular complexity index is 1180. The van der Waals surface area contributed by atoms with Crippen molar-refractivity contribution < 1.29 is 23.5 Å². The third kappa shape index (κ3) is 5.17. The molecule has 3 aromatic rings. The highest BCUT2D eigenvalue weighted by Crippen LogP contribution is 2.35. The first-order chi connectivity index (χ1) is 17.1. The minimum Gasteiger partial charge on any atom is -0.485 e. The van der Waals surface area contributed by atoms with Gasteiger partial charge in [0.1, 0.15) is 18.5 Å². The molecule has 2 unspecified atom stereocenters. The number of nitrogens with one attached hydrogen (secondary N) is 1. The van der Waals surface area contributed by atoms with Crippen molar-refractivity contribution in [1.82, 2.24) is 5.32 Å². The molecule has 6 nitrogen and oxygen atoms in total. The Balaban J connectivity index is 1.51. The van der Waals surface area contributed by atoms with Crippen LogP contribution in [0.4, 0.5) is 10.1 Å². The molecule has 2 aliphatic rings. The van der Waals surface area contributed by atoms with Crippen LogP contribution in [0.3, 0.4) is 0 Å². The van der Waals surface area contributed by atoms with Gasteiger partial charge in [0.15, 0.2) is 11.5 Å². The third-order valence-corrected chi connectivity index (χ3v) is 7.30. The van der Waals surface area contributed by atoms with E-state index in [9.17, 15) is 14.0 Å². The van der Waals surface area contributed by atoms with Gasteiger partial charge in [-0.2, -0.15) is 0 Å². The summed E-state index contributed by atoms with van der Waals surface area (Å²) in [6.07, 6.45) is 4.12. The van der Waals surface area contributed by atoms with E-state index in [1.807, 2.05) is 23.6 Å². The molecule has 0 saturated heterocycles. The smallest absolute Gasteiger partial charge is 0.272 e. The molecule has 2 atom stereocenters. The van der Waals surface area contributed by atoms with Gasteiger partial charge in [-0.15, -0.1) is 11.3 Å². The highest BCUT2D eigenvalue weighted by atomic mass is 32.1. The summed E-state index contributed by atoms with van der Waals surface area (Å²) in [6.45, 7) is -0.0108. The van der Waals surface area contributed by atoms with Gasteiger partial charge in [0, 0.05) is 16.6 Å². The Hall–Kier alpha value is -3.39. The maximum absolute atomic E-state index is 14.3. The summed E-state index contributed by atoms with van der Waals surface area (Å²) in [5.74, 6) is -0.241. The summed E-state index contributed by atoms with van der Waals surface area (Å²) in [7, 11) is 0. The number of nitrogens with zero attached hydrogens (tertiary/aromatic N) is 1. The maximum atomic E-state index is 14.3. The first kappa shape index (κ1) is 23.4. The highest BCUT2D eigenvalue weighted by Gasteiger charge is 2.40. The first-order valence-electron chi connectivity index (χ1n) is 11.9. The van der Waals surface area contributed by atoms with Crippen molar-refractivity contribution in [3.63, 3.8) is 0 Å². The number of para-hydroxylation sites is 2. The fraction of sp³-hybridized carbons (Fsp3) is 0.333. The fourth-order valence-corrected chi connectivity index (χ4v) is 5.49. The Morgan fingerprint density at radius 1 is 1.00 bits per heavy atom. The number of carbonyl (C=O) groups is 2. The van der Waals surface area contributed by atoms with E-state index in [-0.39, 0.29) is 24.2 Å². The molecule has 0 spiro atoms. The largest absolute Gasteiger partial charge is 0.485 e. The third-order valence-electron chi connectivity index (χ3n) is 6.38. The van der Waals surface area contributed by atoms with Crippen LogP contribution in [0.5, 0.6) is 11.5 Å². The molecule has 35 heavy (non-hydrogen) atoms. The summed E-state index contributed by atoms with van der Waals surface area (Å²) >= 11 is 1.38. The molecule has 2 aromatic carbocycles. The van der Waals surface area contributed by atoms with Crippen LogP contribution in [0.2, 0.25) is 0 Å². The molecule has 1 N–H and O–H groups in total. The number of fused-ring (bicyclic) bond motifs is 1. The molecular weight excluding hydrogens is 467 g/mol. The van der Waals surface area contributed by atoms with Gasteiger partial charge in [-0.25, -0.2) is 4.39 Å². The van der Waals surface area contributed by atoms with E-state index < -0.39 is 23.9 Å². The van der Waals surface area contributed by atoms with Crippen LogP contribution in [-0.4, -0.2) is 30.6 Å². The summed E-state index contributed by atoms with van der Waals surface area (Å²) in [5.41, 5.74) is 0.287. The van der Waals surface area contributed by atoms with Gasteiger partial charge in [0.2, 0.25) is 12.0 Å². The number of carbonyl (C=O) groups excluding carboxylic acids is 2. The van der Waals surface area contributed by atoms with E-state index in [4.69, 9.17) is 9.47 Å². The summed E-state index contributed by atoms with van der Waals surface area (Å²) in [5, 5.41) is 5.02. The number of hydrogen-bond donors (Lipinski definition) is 1. The van der Waals surface area contributed by atoms with Gasteiger partial charge >= 0.3 is 0 Å². The molecule has 1 aliphatic heterocycles. The van der Waals surface area contributed by atoms with Crippen LogP contribution in [0.25, 0.3) is 0 Å². The highest BCUT2D eigenvalue weighted by molar-refractivity contribution is 7.10. The molecule has 1 fully saturated rings. The van der Waals surface area contributed by atoms with Gasteiger partial charge in [-0.1, -0.05) is 43.5 Å². The zero-order valence-corrected chi connectivity index (χ0v) is 20.0. The van der Waals surface area contributed by atoms with Crippen molar-refractivity contribution in [2.24, 2.45) is 0 Å². The van der Waals surface area contributed by atoms with Crippen molar-refractivity contribution in [3.8, 4) is 11.5 Å². The van der Waals surface area contributed by atoms with Gasteiger partial charge in [-0.3, -0.25) is 14.5 Å². The Morgan fingerprint density at radius 3 is 2.54 bits per heavy atom. The van der Waals surface area contributed by atoms with E-state index in [1.165, 1.54) is 34.4 Å². The number of amides is 2. The second-order valence-electron chi connectivity index (χ2n) is 8.81. The first-order valence-corrected chi connectivity index (χ1v) is 12.8. The van der Waals surface area contributed by atoms with E-state index in [0.717, 1.165) is 32.1 Å². The standard InChI is InChI=1S/C27H27FN2O4S/c28-18-8-6-11-20(16-18)30(27(32)23-17-33-21-12-4-5-13-22(21)34-23)25(24-14-7-15-35-24)26(31)29-19-9-2-1-3-10-19/h4-8,11-16,19,23,25H,1-3,9-10,17H2,(H,29,31). The summed E-state index contributed by atoms with van der Waals surface area (Å²) < 4.78 is 26.1. The number of benzene rings is 2. The molecule has 5 rings (SSSR count). The van der Waals surface area contributed by atoms with E-state index >= 15 is 0 Å². The molecule has 1 saturated carbocycles. The predicted octanol–water partition coefficient (Wildman–Crippen LogP) is 5.25. The SMILES string of the molecule is O=C(NC1CCCCC1)C(c1cccs1)N(C(=O)C1COc2ccccc2O1)c1cccc(F)c1. The van der Waals surface area contributed by atoms with Gasteiger partial charge in [0.05, 0.1) is 0 Å². The second-order valence-corrected chi connectivity index (χ2v) is 9.79. The molecule has 1 aromatic heterocycles. The Morgan fingerprint density at radius 2 is 1.80 bits per heavy atom. The topological polar surface area (TPSA) is 67.9 Å². The predicted molar refractivity (Wildman–Crippen MR) is 132 cm³/mol. The van der Waals surface area contributed by atoms with Gasteiger partial charge in [-0.05, 0) is 54.6 Å². The summed E-state index contributed by atoms with van der Waals surface area (Å²) in [4.78, 5) is 29.8. The van der Waals surface area contributed by atoms with Crippen LogP contribution in [-0.2, 0) is 9.59 Å². The molecule has 1 aliphatic carbocycles. The van der Waals surface area contributed by atoms with Crippen molar-refractivity contribution >= 4 is 28.8 Å². The van der Waals surface area contributed by atoms with E-state index in [2.05, 4.69) is 5.32 Å². The van der Waals surface area contributed by atoms with Crippen LogP contribution in [0.15, 0.2) is 66.0 Å². The molecular formula is C27H27FN2O4S. The molecule has 2 amide bonds. The van der Waals surface area contributed by atoms with Crippen LogP contribution in [0, 0.1) is 5.82 Å². The molecule has 2 heterocycles. The number of hydrogen-bond acceptors (Lipinski definition) is 5. The monoisotopic (exact) mass is 494 g/mol. The fourth-order valence-electron chi connectivity index (χ4n) is 4.67. The zero-order valence-electron chi connectivity index (χ0n) is 19.2. The van der Waals surface area contributed by atoms with E-state index in [0.29, 0.717) is 16.4 Å². The maximum Gasteiger partial charge on any atom is 0.272 e. The van der Waals surface area contributed by atoms with Gasteiger partial charge in [0.25, 0.3) is 5.91 Å². The van der Waals surface area contributed by atoms with Crippen molar-refractivity contribution in [3.05, 3.63) is 76.7 Å². The molecule has 8 heteroatoms. The number of halogens is 1. The van der Waals surface area contributed by atoms with Crippen molar-refractivity contribution in [1.29, 1.82) is 0 Å². The number of ether oxygens (including phenoxy) is 2. The average Bonchev–Trinajstić information content (AvgIpc) is 3.41. The van der Waals surface area contributed by atoms with Crippen LogP contribution < -0.4 is 19.7 Å². The molecule has 182 valence electrons. The Labute approximate surface area is 207 Å². The zero-order chi connectivity index (χ0) is 24.2. The Kier molecular flexibility index (Phi) is 6.99. The minimum atomic E-state index is -0.988. The number of anilines is 1. The van der Waals surface area contributed by atoms with Crippen molar-refractivity contribution in [2.45, 2.75) is 50.3 Å². The lowest BCUT2D eigenvalue weighted by molar-refractivity contribution is -0.132. The number of thiophene rings is 1. The second kappa shape index (κ2) is 10.5. The lowest BCUT2D eigenvalue weighted by Crippen LogP contribution is -2.52. The van der Waals surface area contributed by atoms with Crippen LogP contribution in [0.1, 0.15) is 43.0 Å². The lowest BCUT2D eigenvalue weighted by atomic mass is 9.95. The van der Waals surface area contributed by atoms with E-state index in [1.54, 1.807) is 24.3 Å². The van der Waals surface area contributed by atoms with Crippen LogP contribution >= 0.6 is 11.3 Å². The molecule has 0 radical (unpaired) electrons. The average molecular weight is 495 g/mol. The molecule has 0 bridgehead atoms. The van der Waals surface area contributed by atoms with Gasteiger partial charge < -0.3 is 14.8 Å².